The van der Waals surface area contributed by atoms with Crippen LogP contribution < -0.4 is 10.6 Å². The standard InChI is InChI=1S/2C9H9NO2/c2*11-8-6-4-1-2-5(3-4)7(6)9(12)10-8/h2*1-2,4-7H,3H2,(H,10,11,12). The molecule has 0 aromatic carbocycles. The molecule has 8 unspecified atom stereocenters. The van der Waals surface area contributed by atoms with Gasteiger partial charge in [-0.1, -0.05) is 24.3 Å². The molecule has 0 aromatic heterocycles. The van der Waals surface area contributed by atoms with E-state index in [1.165, 1.54) is 0 Å². The molecule has 2 N–H and O–H groups in total. The van der Waals surface area contributed by atoms with Gasteiger partial charge in [0.2, 0.25) is 23.6 Å². The first kappa shape index (κ1) is 14.1. The number of hydrogen-bond acceptors (Lipinski definition) is 4. The highest BCUT2D eigenvalue weighted by Crippen LogP contribution is 2.51. The smallest absolute Gasteiger partial charge is 0.231 e. The molecule has 6 aliphatic rings. The Balaban J connectivity index is 0.000000109. The minimum Gasteiger partial charge on any atom is -0.296 e. The predicted molar refractivity (Wildman–Crippen MR) is 81.7 cm³/mol. The minimum atomic E-state index is -0.0538. The van der Waals surface area contributed by atoms with Crippen molar-refractivity contribution in [2.45, 2.75) is 12.8 Å². The van der Waals surface area contributed by atoms with Crippen LogP contribution in [0.5, 0.6) is 0 Å². The molecule has 4 amide bonds. The van der Waals surface area contributed by atoms with Gasteiger partial charge in [0.1, 0.15) is 0 Å². The number of nitrogens with one attached hydrogen (secondary N) is 2. The molecule has 2 saturated heterocycles. The molecule has 0 spiro atoms. The summed E-state index contributed by atoms with van der Waals surface area (Å²) in [4.78, 5) is 45.2. The number of imide groups is 2. The lowest BCUT2D eigenvalue weighted by molar-refractivity contribution is -0.128. The van der Waals surface area contributed by atoms with Gasteiger partial charge in [-0.05, 0) is 36.5 Å². The molecule has 2 aliphatic heterocycles. The fourth-order valence-electron chi connectivity index (χ4n) is 5.65. The van der Waals surface area contributed by atoms with E-state index in [0.717, 1.165) is 12.8 Å². The molecule has 0 aromatic rings. The first-order valence-corrected chi connectivity index (χ1v) is 8.60. The largest absolute Gasteiger partial charge is 0.296 e. The van der Waals surface area contributed by atoms with Gasteiger partial charge in [0, 0.05) is 0 Å². The fraction of sp³-hybridized carbons (Fsp3) is 0.556. The maximum Gasteiger partial charge on any atom is 0.231 e. The van der Waals surface area contributed by atoms with Crippen molar-refractivity contribution in [3.8, 4) is 0 Å². The first-order valence-electron chi connectivity index (χ1n) is 8.60. The van der Waals surface area contributed by atoms with Crippen LogP contribution in [0.15, 0.2) is 24.3 Å². The minimum absolute atomic E-state index is 0.0347. The molecule has 124 valence electrons. The first-order chi connectivity index (χ1) is 11.5. The number of allylic oxidation sites excluding steroid dienone is 4. The van der Waals surface area contributed by atoms with Crippen LogP contribution in [-0.4, -0.2) is 23.6 Å². The monoisotopic (exact) mass is 326 g/mol. The Labute approximate surface area is 138 Å². The van der Waals surface area contributed by atoms with Gasteiger partial charge in [0.25, 0.3) is 0 Å². The van der Waals surface area contributed by atoms with Gasteiger partial charge in [-0.25, -0.2) is 0 Å². The molecule has 8 atom stereocenters. The number of hydrogen-bond donors (Lipinski definition) is 2. The van der Waals surface area contributed by atoms with Crippen LogP contribution in [0.25, 0.3) is 0 Å². The topological polar surface area (TPSA) is 92.3 Å². The van der Waals surface area contributed by atoms with Gasteiger partial charge in [-0.15, -0.1) is 0 Å². The molecular weight excluding hydrogens is 308 g/mol. The summed E-state index contributed by atoms with van der Waals surface area (Å²) in [6.07, 6.45) is 10.4. The third-order valence-corrected chi connectivity index (χ3v) is 6.62. The SMILES string of the molecule is O=C1NC(=O)C2C3C=CC(C3)C12.O=C1NC(=O)C2C3C=CC(C3)C12. The highest BCUT2D eigenvalue weighted by molar-refractivity contribution is 6.07. The average molecular weight is 326 g/mol. The quantitative estimate of drug-likeness (QED) is 0.490. The summed E-state index contributed by atoms with van der Waals surface area (Å²) >= 11 is 0. The normalized spacial score (nSPS) is 48.3. The van der Waals surface area contributed by atoms with E-state index in [-0.39, 0.29) is 47.3 Å². The summed E-state index contributed by atoms with van der Waals surface area (Å²) in [6.45, 7) is 0. The van der Waals surface area contributed by atoms with Crippen LogP contribution in [0.4, 0.5) is 0 Å². The van der Waals surface area contributed by atoms with E-state index in [1.807, 2.05) is 0 Å². The Morgan fingerprint density at radius 2 is 0.792 bits per heavy atom. The lowest BCUT2D eigenvalue weighted by Gasteiger charge is -2.14. The molecule has 4 bridgehead atoms. The number of rotatable bonds is 0. The van der Waals surface area contributed by atoms with Crippen LogP contribution in [0.2, 0.25) is 0 Å². The van der Waals surface area contributed by atoms with Crippen molar-refractivity contribution in [1.82, 2.24) is 10.6 Å². The van der Waals surface area contributed by atoms with Gasteiger partial charge < -0.3 is 0 Å². The van der Waals surface area contributed by atoms with Crippen LogP contribution >= 0.6 is 0 Å². The molecule has 4 aliphatic carbocycles. The van der Waals surface area contributed by atoms with Crippen molar-refractivity contribution in [3.05, 3.63) is 24.3 Å². The molecular formula is C18H18N2O4. The van der Waals surface area contributed by atoms with E-state index in [9.17, 15) is 19.2 Å². The van der Waals surface area contributed by atoms with Crippen molar-refractivity contribution in [1.29, 1.82) is 0 Å². The van der Waals surface area contributed by atoms with Crippen molar-refractivity contribution >= 4 is 23.6 Å². The highest BCUT2D eigenvalue weighted by Gasteiger charge is 2.56. The molecule has 2 saturated carbocycles. The summed E-state index contributed by atoms with van der Waals surface area (Å²) in [5.41, 5.74) is 0. The highest BCUT2D eigenvalue weighted by atomic mass is 16.2. The van der Waals surface area contributed by atoms with E-state index in [2.05, 4.69) is 34.9 Å². The van der Waals surface area contributed by atoms with Crippen molar-refractivity contribution in [2.24, 2.45) is 47.3 Å². The number of fused-ring (bicyclic) bond motifs is 10. The van der Waals surface area contributed by atoms with Crippen LogP contribution in [0, 0.1) is 47.3 Å². The third kappa shape index (κ3) is 1.71. The predicted octanol–water partition coefficient (Wildman–Crippen LogP) is 0.162. The fourth-order valence-corrected chi connectivity index (χ4v) is 5.65. The van der Waals surface area contributed by atoms with Crippen molar-refractivity contribution in [3.63, 3.8) is 0 Å². The van der Waals surface area contributed by atoms with Crippen molar-refractivity contribution < 1.29 is 19.2 Å². The Bertz CT molecular complexity index is 621. The van der Waals surface area contributed by atoms with E-state index in [0.29, 0.717) is 23.7 Å². The maximum atomic E-state index is 11.3. The molecule has 6 nitrogen and oxygen atoms in total. The van der Waals surface area contributed by atoms with Crippen molar-refractivity contribution in [2.75, 3.05) is 0 Å². The zero-order chi connectivity index (χ0) is 16.6. The summed E-state index contributed by atoms with van der Waals surface area (Å²) in [6, 6.07) is 0. The summed E-state index contributed by atoms with van der Waals surface area (Å²) in [7, 11) is 0. The van der Waals surface area contributed by atoms with E-state index in [4.69, 9.17) is 0 Å². The van der Waals surface area contributed by atoms with Crippen LogP contribution in [-0.2, 0) is 19.2 Å². The van der Waals surface area contributed by atoms with Crippen LogP contribution in [0.1, 0.15) is 12.8 Å². The van der Waals surface area contributed by atoms with Gasteiger partial charge in [-0.3, -0.25) is 29.8 Å². The summed E-state index contributed by atoms with van der Waals surface area (Å²) in [5.74, 6) is 1.00. The lowest BCUT2D eigenvalue weighted by Crippen LogP contribution is -2.25. The molecule has 2 heterocycles. The van der Waals surface area contributed by atoms with E-state index in [1.54, 1.807) is 0 Å². The van der Waals surface area contributed by atoms with E-state index < -0.39 is 0 Å². The Morgan fingerprint density at radius 3 is 1.04 bits per heavy atom. The van der Waals surface area contributed by atoms with Gasteiger partial charge in [-0.2, -0.15) is 0 Å². The Morgan fingerprint density at radius 1 is 0.542 bits per heavy atom. The molecule has 4 fully saturated rings. The summed E-state index contributed by atoms with van der Waals surface area (Å²) in [5, 5.41) is 4.80. The molecule has 24 heavy (non-hydrogen) atoms. The number of carbonyl (C=O) groups excluding carboxylic acids is 4. The summed E-state index contributed by atoms with van der Waals surface area (Å²) < 4.78 is 0. The third-order valence-electron chi connectivity index (χ3n) is 6.62. The number of amides is 4. The zero-order valence-corrected chi connectivity index (χ0v) is 13.0. The maximum absolute atomic E-state index is 11.3. The van der Waals surface area contributed by atoms with Gasteiger partial charge in [0.15, 0.2) is 0 Å². The molecule has 0 radical (unpaired) electrons. The second kappa shape index (κ2) is 4.65. The zero-order valence-electron chi connectivity index (χ0n) is 13.0. The Kier molecular flexibility index (Phi) is 2.74. The second-order valence-electron chi connectivity index (χ2n) is 7.71. The van der Waals surface area contributed by atoms with Crippen LogP contribution in [0.3, 0.4) is 0 Å². The van der Waals surface area contributed by atoms with E-state index >= 15 is 0 Å². The molecule has 6 rings (SSSR count). The molecule has 6 heteroatoms. The van der Waals surface area contributed by atoms with Gasteiger partial charge in [0.05, 0.1) is 23.7 Å². The lowest BCUT2D eigenvalue weighted by atomic mass is 9.85. The second-order valence-corrected chi connectivity index (χ2v) is 7.71. The Hall–Kier alpha value is -2.24. The van der Waals surface area contributed by atoms with Gasteiger partial charge >= 0.3 is 0 Å². The number of carbonyl (C=O) groups is 4. The average Bonchev–Trinajstić information content (AvgIpc) is 3.34.